The molecule has 1 atom stereocenters. The number of morpholine rings is 1. The molecule has 3 rings (SSSR count). The zero-order chi connectivity index (χ0) is 17.8. The summed E-state index contributed by atoms with van der Waals surface area (Å²) in [6, 6.07) is 4.68. The lowest BCUT2D eigenvalue weighted by molar-refractivity contribution is 0.122. The molecule has 2 saturated heterocycles. The van der Waals surface area contributed by atoms with Crippen molar-refractivity contribution in [1.82, 2.24) is 4.72 Å². The van der Waals surface area contributed by atoms with Crippen LogP contribution in [0.3, 0.4) is 0 Å². The van der Waals surface area contributed by atoms with Crippen LogP contribution in [0.1, 0.15) is 6.92 Å². The van der Waals surface area contributed by atoms with Crippen LogP contribution in [-0.2, 0) is 20.5 Å². The first-order chi connectivity index (χ1) is 12.1. The highest BCUT2D eigenvalue weighted by Crippen LogP contribution is 2.29. The molecule has 1 aromatic rings. The van der Waals surface area contributed by atoms with E-state index in [1.807, 2.05) is 4.90 Å². The summed E-state index contributed by atoms with van der Waals surface area (Å²) >= 11 is 0. The number of cyclic esters (lactones) is 1. The molecule has 25 heavy (non-hydrogen) atoms. The average molecular weight is 369 g/mol. The number of anilines is 2. The first-order valence-electron chi connectivity index (χ1n) is 8.03. The normalized spacial score (nSPS) is 20.7. The van der Waals surface area contributed by atoms with Crippen LogP contribution in [0.25, 0.3) is 0 Å². The Kier molecular flexibility index (Phi) is 5.54. The number of amides is 1. The lowest BCUT2D eigenvalue weighted by Crippen LogP contribution is -2.36. The summed E-state index contributed by atoms with van der Waals surface area (Å²) in [5, 5.41) is 0. The number of nitrogens with one attached hydrogen (secondary N) is 1. The predicted molar refractivity (Wildman–Crippen MR) is 93.2 cm³/mol. The van der Waals surface area contributed by atoms with E-state index in [0.717, 1.165) is 0 Å². The molecule has 2 heterocycles. The summed E-state index contributed by atoms with van der Waals surface area (Å²) in [6.07, 6.45) is 0.824. The molecular weight excluding hydrogens is 349 g/mol. The zero-order valence-corrected chi connectivity index (χ0v) is 14.7. The van der Waals surface area contributed by atoms with Gasteiger partial charge < -0.3 is 19.1 Å². The quantitative estimate of drug-likeness (QED) is 0.856. The van der Waals surface area contributed by atoms with Gasteiger partial charge in [-0.15, -0.1) is 0 Å². The van der Waals surface area contributed by atoms with Gasteiger partial charge in [0.25, 0.3) is 0 Å². The van der Waals surface area contributed by atoms with E-state index in [2.05, 4.69) is 4.72 Å². The first-order valence-corrected chi connectivity index (χ1v) is 9.35. The first kappa shape index (κ1) is 17.7. The van der Waals surface area contributed by atoms with Crippen molar-refractivity contribution < 1.29 is 22.9 Å². The standard InChI is InChI=1S/C16H20FN3O4S/c1-2-25(22)18-10-13-11-20(16(21)24-13)12-3-4-15(14(17)9-12)19-5-7-23-8-6-19/h3-4,9-10,18H,2,5-8,11H2,1H3/b13-10-. The highest BCUT2D eigenvalue weighted by Gasteiger charge is 2.29. The van der Waals surface area contributed by atoms with Crippen LogP contribution in [0.4, 0.5) is 20.6 Å². The van der Waals surface area contributed by atoms with E-state index in [9.17, 15) is 13.4 Å². The third kappa shape index (κ3) is 4.10. The Bertz CT molecular complexity index is 707. The number of halogens is 1. The summed E-state index contributed by atoms with van der Waals surface area (Å²) < 4.78 is 38.9. The van der Waals surface area contributed by atoms with E-state index < -0.39 is 22.9 Å². The highest BCUT2D eigenvalue weighted by atomic mass is 32.2. The third-order valence-electron chi connectivity index (χ3n) is 3.96. The molecule has 2 aliphatic rings. The number of rotatable bonds is 5. The lowest BCUT2D eigenvalue weighted by atomic mass is 10.2. The Morgan fingerprint density at radius 1 is 1.36 bits per heavy atom. The number of hydrogen-bond acceptors (Lipinski definition) is 5. The molecule has 0 aliphatic carbocycles. The molecule has 9 heteroatoms. The Labute approximate surface area is 148 Å². The van der Waals surface area contributed by atoms with Gasteiger partial charge >= 0.3 is 6.09 Å². The Morgan fingerprint density at radius 3 is 2.80 bits per heavy atom. The molecular formula is C16H20FN3O4S. The summed E-state index contributed by atoms with van der Waals surface area (Å²) in [5.74, 6) is 0.384. The fourth-order valence-corrected chi connectivity index (χ4v) is 3.06. The minimum absolute atomic E-state index is 0.156. The van der Waals surface area contributed by atoms with Crippen LogP contribution < -0.4 is 14.5 Å². The van der Waals surface area contributed by atoms with Crippen LogP contribution in [0, 0.1) is 5.82 Å². The second kappa shape index (κ2) is 7.83. The molecule has 1 amide bonds. The van der Waals surface area contributed by atoms with Crippen molar-refractivity contribution in [2.24, 2.45) is 0 Å². The molecule has 1 aromatic carbocycles. The topological polar surface area (TPSA) is 71.1 Å². The van der Waals surface area contributed by atoms with Gasteiger partial charge in [-0.25, -0.2) is 13.4 Å². The molecule has 1 unspecified atom stereocenters. The van der Waals surface area contributed by atoms with E-state index in [0.29, 0.717) is 49.2 Å². The van der Waals surface area contributed by atoms with Gasteiger partial charge in [-0.1, -0.05) is 6.92 Å². The SMILES string of the molecule is CCS(=O)N/C=C1/CN(c2ccc(N3CCOCC3)c(F)c2)C(=O)O1. The largest absolute Gasteiger partial charge is 0.419 e. The molecule has 7 nitrogen and oxygen atoms in total. The van der Waals surface area contributed by atoms with Crippen molar-refractivity contribution in [3.05, 3.63) is 36.0 Å². The molecule has 2 aliphatic heterocycles. The maximum absolute atomic E-state index is 14.5. The number of nitrogens with zero attached hydrogens (tertiary/aromatic N) is 2. The Balaban J connectivity index is 1.72. The monoisotopic (exact) mass is 369 g/mol. The average Bonchev–Trinajstić information content (AvgIpc) is 3.01. The van der Waals surface area contributed by atoms with Crippen molar-refractivity contribution in [2.45, 2.75) is 6.92 Å². The molecule has 2 fully saturated rings. The molecule has 0 bridgehead atoms. The van der Waals surface area contributed by atoms with Gasteiger partial charge in [0.05, 0.1) is 37.3 Å². The van der Waals surface area contributed by atoms with Crippen molar-refractivity contribution in [3.8, 4) is 0 Å². The van der Waals surface area contributed by atoms with Crippen molar-refractivity contribution >= 4 is 28.5 Å². The molecule has 136 valence electrons. The van der Waals surface area contributed by atoms with Gasteiger partial charge in [0.1, 0.15) is 22.6 Å². The molecule has 0 spiro atoms. The van der Waals surface area contributed by atoms with E-state index in [1.54, 1.807) is 19.1 Å². The predicted octanol–water partition coefficient (Wildman–Crippen LogP) is 1.73. The zero-order valence-electron chi connectivity index (χ0n) is 13.9. The van der Waals surface area contributed by atoms with Gasteiger partial charge in [0.15, 0.2) is 0 Å². The van der Waals surface area contributed by atoms with Crippen molar-refractivity contribution in [3.63, 3.8) is 0 Å². The van der Waals surface area contributed by atoms with Crippen LogP contribution in [-0.4, -0.2) is 48.9 Å². The third-order valence-corrected chi connectivity index (χ3v) is 4.87. The van der Waals surface area contributed by atoms with Crippen LogP contribution in [0.5, 0.6) is 0 Å². The van der Waals surface area contributed by atoms with Crippen LogP contribution >= 0.6 is 0 Å². The van der Waals surface area contributed by atoms with Crippen LogP contribution in [0.2, 0.25) is 0 Å². The lowest BCUT2D eigenvalue weighted by Gasteiger charge is -2.29. The van der Waals surface area contributed by atoms with E-state index in [-0.39, 0.29) is 6.54 Å². The maximum atomic E-state index is 14.5. The minimum atomic E-state index is -1.21. The number of benzene rings is 1. The van der Waals surface area contributed by atoms with Crippen LogP contribution in [0.15, 0.2) is 30.2 Å². The Morgan fingerprint density at radius 2 is 2.12 bits per heavy atom. The number of ether oxygens (including phenoxy) is 2. The number of carbonyl (C=O) groups excluding carboxylic acids is 1. The molecule has 1 N–H and O–H groups in total. The highest BCUT2D eigenvalue weighted by molar-refractivity contribution is 7.83. The number of hydrogen-bond donors (Lipinski definition) is 1. The van der Waals surface area contributed by atoms with E-state index in [4.69, 9.17) is 9.47 Å². The van der Waals surface area contributed by atoms with E-state index in [1.165, 1.54) is 17.2 Å². The van der Waals surface area contributed by atoms with Gasteiger partial charge in [0, 0.05) is 18.8 Å². The molecule has 0 aromatic heterocycles. The van der Waals surface area contributed by atoms with Gasteiger partial charge in [-0.3, -0.25) is 4.90 Å². The van der Waals surface area contributed by atoms with E-state index >= 15 is 0 Å². The second-order valence-electron chi connectivity index (χ2n) is 5.55. The summed E-state index contributed by atoms with van der Waals surface area (Å²) in [4.78, 5) is 15.3. The van der Waals surface area contributed by atoms with Gasteiger partial charge in [-0.05, 0) is 18.2 Å². The van der Waals surface area contributed by atoms with Gasteiger partial charge in [-0.2, -0.15) is 0 Å². The summed E-state index contributed by atoms with van der Waals surface area (Å²) in [5.41, 5.74) is 0.912. The summed E-state index contributed by atoms with van der Waals surface area (Å²) in [7, 11) is -1.21. The maximum Gasteiger partial charge on any atom is 0.419 e. The number of carbonyl (C=O) groups is 1. The van der Waals surface area contributed by atoms with Crippen molar-refractivity contribution in [1.29, 1.82) is 0 Å². The fraction of sp³-hybridized carbons (Fsp3) is 0.438. The molecule has 0 saturated carbocycles. The smallest absolute Gasteiger partial charge is 0.411 e. The fourth-order valence-electron chi connectivity index (χ4n) is 2.63. The van der Waals surface area contributed by atoms with Gasteiger partial charge in [0.2, 0.25) is 0 Å². The molecule has 0 radical (unpaired) electrons. The van der Waals surface area contributed by atoms with Crippen molar-refractivity contribution in [2.75, 3.05) is 48.4 Å². The Hall–Kier alpha value is -2.13. The summed E-state index contributed by atoms with van der Waals surface area (Å²) in [6.45, 7) is 4.33. The minimum Gasteiger partial charge on any atom is -0.411 e. The second-order valence-corrected chi connectivity index (χ2v) is 7.06.